The Morgan fingerprint density at radius 3 is 2.82 bits per heavy atom. The molecule has 0 bridgehead atoms. The number of benzene rings is 1. The summed E-state index contributed by atoms with van der Waals surface area (Å²) in [5.41, 5.74) is 0.255. The molecular weight excluding hydrogens is 286 g/mol. The molecule has 2 rings (SSSR count). The number of nitrogens with zero attached hydrogens (tertiary/aromatic N) is 3. The van der Waals surface area contributed by atoms with Crippen LogP contribution in [0.1, 0.15) is 10.4 Å². The van der Waals surface area contributed by atoms with Gasteiger partial charge in [0.2, 0.25) is 0 Å². The van der Waals surface area contributed by atoms with Crippen molar-refractivity contribution < 1.29 is 4.79 Å². The minimum Gasteiger partial charge on any atom is -0.292 e. The van der Waals surface area contributed by atoms with Gasteiger partial charge in [-0.15, -0.1) is 0 Å². The molecule has 0 amide bonds. The molecule has 0 aliphatic heterocycles. The lowest BCUT2D eigenvalue weighted by atomic mass is 10.1. The summed E-state index contributed by atoms with van der Waals surface area (Å²) in [5.74, 6) is -0.146. The fourth-order valence-corrected chi connectivity index (χ4v) is 1.82. The molecule has 6 heteroatoms. The van der Waals surface area contributed by atoms with Gasteiger partial charge in [0.15, 0.2) is 5.78 Å². The lowest BCUT2D eigenvalue weighted by Gasteiger charge is -2.00. The number of aryl methyl sites for hydroxylation is 1. The topological polar surface area (TPSA) is 56.9 Å². The second-order valence-corrected chi connectivity index (χ2v) is 4.53. The first kappa shape index (κ1) is 11.8. The Balaban J connectivity index is 2.23. The molecule has 1 aromatic carbocycles. The third-order valence-corrected chi connectivity index (χ3v) is 2.82. The first-order valence-electron chi connectivity index (χ1n) is 4.95. The largest absolute Gasteiger partial charge is 0.345 e. The van der Waals surface area contributed by atoms with Crippen molar-refractivity contribution in [1.82, 2.24) is 14.3 Å². The Morgan fingerprint density at radius 2 is 2.24 bits per heavy atom. The van der Waals surface area contributed by atoms with Gasteiger partial charge in [0.25, 0.3) is 0 Å². The zero-order chi connectivity index (χ0) is 12.4. The van der Waals surface area contributed by atoms with E-state index in [4.69, 9.17) is 0 Å². The SMILES string of the molecule is Cn1cnn(CC(=O)c2cccc(Br)c2)c1=O. The van der Waals surface area contributed by atoms with Crippen LogP contribution in [0.4, 0.5) is 0 Å². The van der Waals surface area contributed by atoms with Gasteiger partial charge < -0.3 is 0 Å². The summed E-state index contributed by atoms with van der Waals surface area (Å²) in [6, 6.07) is 7.04. The molecule has 2 aromatic rings. The first-order chi connectivity index (χ1) is 8.08. The lowest BCUT2D eigenvalue weighted by molar-refractivity contribution is 0.0966. The molecule has 0 saturated carbocycles. The minimum absolute atomic E-state index is 0.0455. The second kappa shape index (κ2) is 4.67. The molecule has 88 valence electrons. The Labute approximate surface area is 106 Å². The van der Waals surface area contributed by atoms with Crippen LogP contribution in [0.5, 0.6) is 0 Å². The van der Waals surface area contributed by atoms with Crippen LogP contribution < -0.4 is 5.69 Å². The molecule has 1 heterocycles. The Hall–Kier alpha value is -1.69. The third-order valence-electron chi connectivity index (χ3n) is 2.33. The number of Topliss-reactive ketones (excluding diaryl/α,β-unsaturated/α-hetero) is 1. The van der Waals surface area contributed by atoms with Gasteiger partial charge >= 0.3 is 5.69 Å². The fraction of sp³-hybridized carbons (Fsp3) is 0.182. The van der Waals surface area contributed by atoms with Crippen LogP contribution in [0.3, 0.4) is 0 Å². The number of rotatable bonds is 3. The Morgan fingerprint density at radius 1 is 1.47 bits per heavy atom. The molecule has 0 saturated heterocycles. The summed E-state index contributed by atoms with van der Waals surface area (Å²) in [6.45, 7) is -0.0455. The van der Waals surface area contributed by atoms with Gasteiger partial charge in [0.05, 0.1) is 0 Å². The van der Waals surface area contributed by atoms with Gasteiger partial charge in [-0.2, -0.15) is 5.10 Å². The van der Waals surface area contributed by atoms with Crippen LogP contribution in [0, 0.1) is 0 Å². The number of carbonyl (C=O) groups is 1. The molecule has 0 spiro atoms. The highest BCUT2D eigenvalue weighted by molar-refractivity contribution is 9.10. The van der Waals surface area contributed by atoms with Gasteiger partial charge in [0.1, 0.15) is 12.9 Å². The van der Waals surface area contributed by atoms with Crippen molar-refractivity contribution in [3.63, 3.8) is 0 Å². The highest BCUT2D eigenvalue weighted by Gasteiger charge is 2.10. The van der Waals surface area contributed by atoms with E-state index in [0.717, 1.165) is 9.15 Å². The summed E-state index contributed by atoms with van der Waals surface area (Å²) >= 11 is 3.29. The maximum atomic E-state index is 11.9. The van der Waals surface area contributed by atoms with E-state index in [0.29, 0.717) is 5.56 Å². The monoisotopic (exact) mass is 295 g/mol. The number of ketones is 1. The molecule has 0 fully saturated rings. The van der Waals surface area contributed by atoms with Crippen LogP contribution in [-0.4, -0.2) is 20.1 Å². The molecule has 0 aliphatic rings. The molecular formula is C11H10BrN3O2. The van der Waals surface area contributed by atoms with Gasteiger partial charge in [0, 0.05) is 17.1 Å². The normalized spacial score (nSPS) is 10.5. The van der Waals surface area contributed by atoms with E-state index in [2.05, 4.69) is 21.0 Å². The summed E-state index contributed by atoms with van der Waals surface area (Å²) in [5, 5.41) is 3.84. The zero-order valence-corrected chi connectivity index (χ0v) is 10.7. The number of halogens is 1. The zero-order valence-electron chi connectivity index (χ0n) is 9.13. The van der Waals surface area contributed by atoms with E-state index >= 15 is 0 Å². The standard InChI is InChI=1S/C11H10BrN3O2/c1-14-7-13-15(11(14)17)6-10(16)8-3-2-4-9(12)5-8/h2-5,7H,6H2,1H3. The molecule has 17 heavy (non-hydrogen) atoms. The van der Waals surface area contributed by atoms with E-state index in [1.54, 1.807) is 25.2 Å². The average Bonchev–Trinajstić information content (AvgIpc) is 2.61. The van der Waals surface area contributed by atoms with Crippen LogP contribution in [-0.2, 0) is 13.6 Å². The van der Waals surface area contributed by atoms with Gasteiger partial charge in [-0.1, -0.05) is 28.1 Å². The fourth-order valence-electron chi connectivity index (χ4n) is 1.42. The number of hydrogen-bond donors (Lipinski definition) is 0. The summed E-state index contributed by atoms with van der Waals surface area (Å²) in [6.07, 6.45) is 1.39. The maximum absolute atomic E-state index is 11.9. The van der Waals surface area contributed by atoms with Crippen molar-refractivity contribution in [2.75, 3.05) is 0 Å². The van der Waals surface area contributed by atoms with E-state index in [1.807, 2.05) is 6.07 Å². The predicted octanol–water partition coefficient (Wildman–Crippen LogP) is 1.23. The number of hydrogen-bond acceptors (Lipinski definition) is 3. The Bertz CT molecular complexity index is 615. The van der Waals surface area contributed by atoms with Crippen molar-refractivity contribution in [1.29, 1.82) is 0 Å². The molecule has 0 unspecified atom stereocenters. The molecule has 0 atom stereocenters. The quantitative estimate of drug-likeness (QED) is 0.800. The van der Waals surface area contributed by atoms with Crippen molar-refractivity contribution >= 4 is 21.7 Å². The average molecular weight is 296 g/mol. The van der Waals surface area contributed by atoms with Crippen molar-refractivity contribution in [2.24, 2.45) is 7.05 Å². The molecule has 5 nitrogen and oxygen atoms in total. The van der Waals surface area contributed by atoms with Crippen LogP contribution in [0.2, 0.25) is 0 Å². The maximum Gasteiger partial charge on any atom is 0.345 e. The summed E-state index contributed by atoms with van der Waals surface area (Å²) < 4.78 is 3.30. The molecule has 0 N–H and O–H groups in total. The van der Waals surface area contributed by atoms with E-state index in [9.17, 15) is 9.59 Å². The molecule has 0 radical (unpaired) electrons. The number of carbonyl (C=O) groups excluding carboxylic acids is 1. The second-order valence-electron chi connectivity index (χ2n) is 3.62. The van der Waals surface area contributed by atoms with Gasteiger partial charge in [-0.25, -0.2) is 9.48 Å². The first-order valence-corrected chi connectivity index (χ1v) is 5.74. The Kier molecular flexibility index (Phi) is 3.23. The summed E-state index contributed by atoms with van der Waals surface area (Å²) in [4.78, 5) is 23.4. The highest BCUT2D eigenvalue weighted by Crippen LogP contribution is 2.12. The van der Waals surface area contributed by atoms with E-state index < -0.39 is 0 Å². The molecule has 1 aromatic heterocycles. The third kappa shape index (κ3) is 2.52. The van der Waals surface area contributed by atoms with Crippen molar-refractivity contribution in [2.45, 2.75) is 6.54 Å². The predicted molar refractivity (Wildman–Crippen MR) is 65.9 cm³/mol. The van der Waals surface area contributed by atoms with Gasteiger partial charge in [-0.3, -0.25) is 9.36 Å². The number of aromatic nitrogens is 3. The van der Waals surface area contributed by atoms with E-state index in [-0.39, 0.29) is 18.0 Å². The van der Waals surface area contributed by atoms with Crippen LogP contribution in [0.15, 0.2) is 39.9 Å². The molecule has 0 aliphatic carbocycles. The summed E-state index contributed by atoms with van der Waals surface area (Å²) in [7, 11) is 1.59. The van der Waals surface area contributed by atoms with Crippen molar-refractivity contribution in [3.05, 3.63) is 51.1 Å². The van der Waals surface area contributed by atoms with Crippen LogP contribution >= 0.6 is 15.9 Å². The smallest absolute Gasteiger partial charge is 0.292 e. The van der Waals surface area contributed by atoms with Gasteiger partial charge in [-0.05, 0) is 12.1 Å². The van der Waals surface area contributed by atoms with Crippen LogP contribution in [0.25, 0.3) is 0 Å². The lowest BCUT2D eigenvalue weighted by Crippen LogP contribution is -2.26. The van der Waals surface area contributed by atoms with Crippen molar-refractivity contribution in [3.8, 4) is 0 Å². The highest BCUT2D eigenvalue weighted by atomic mass is 79.9. The minimum atomic E-state index is -0.298. The van der Waals surface area contributed by atoms with E-state index in [1.165, 1.54) is 10.9 Å².